The molecule has 0 aliphatic carbocycles. The fourth-order valence-corrected chi connectivity index (χ4v) is 1.79. The van der Waals surface area contributed by atoms with Crippen molar-refractivity contribution in [1.29, 1.82) is 5.26 Å². The van der Waals surface area contributed by atoms with Crippen molar-refractivity contribution in [2.75, 3.05) is 5.32 Å². The molecule has 2 rings (SSSR count). The largest absolute Gasteiger partial charge is 0.459 e. The van der Waals surface area contributed by atoms with E-state index >= 15 is 0 Å². The minimum atomic E-state index is -0.456. The normalized spacial score (nSPS) is 11.2. The van der Waals surface area contributed by atoms with Crippen molar-refractivity contribution in [2.24, 2.45) is 0 Å². The van der Waals surface area contributed by atoms with Crippen LogP contribution in [0.2, 0.25) is 5.02 Å². The van der Waals surface area contributed by atoms with E-state index in [1.54, 1.807) is 26.0 Å². The molecule has 118 valence electrons. The Morgan fingerprint density at radius 1 is 1.52 bits per heavy atom. The summed E-state index contributed by atoms with van der Waals surface area (Å²) in [5.41, 5.74) is 0.947. The van der Waals surface area contributed by atoms with Crippen molar-refractivity contribution < 1.29 is 9.53 Å². The molecule has 0 fully saturated rings. The quantitative estimate of drug-likeness (QED) is 0.637. The average Bonchev–Trinajstić information content (AvgIpc) is 3.03. The molecule has 0 bridgehead atoms. The molecule has 8 nitrogen and oxygen atoms in total. The Morgan fingerprint density at radius 3 is 2.91 bits per heavy atom. The zero-order valence-electron chi connectivity index (χ0n) is 12.4. The Bertz CT molecular complexity index is 764. The standard InChI is InChI=1S/C14H13ClN6O2/c1-8(2)23-14(22)9-3-4-11(15)12(5-9)17-7-10(6-16)13-18-20-21-19-13/h3-5,7-8,17H,1-2H3,(H,18,19,20,21). The van der Waals surface area contributed by atoms with E-state index in [-0.39, 0.29) is 17.5 Å². The number of aromatic amines is 1. The van der Waals surface area contributed by atoms with Crippen molar-refractivity contribution in [2.45, 2.75) is 20.0 Å². The number of hydrogen-bond donors (Lipinski definition) is 2. The number of ether oxygens (including phenoxy) is 1. The van der Waals surface area contributed by atoms with Gasteiger partial charge in [-0.05, 0) is 37.3 Å². The van der Waals surface area contributed by atoms with Crippen molar-refractivity contribution in [3.8, 4) is 6.07 Å². The molecule has 0 spiro atoms. The van der Waals surface area contributed by atoms with Crippen molar-refractivity contribution in [3.05, 3.63) is 40.8 Å². The Balaban J connectivity index is 2.23. The van der Waals surface area contributed by atoms with Gasteiger partial charge in [-0.1, -0.05) is 11.6 Å². The van der Waals surface area contributed by atoms with Crippen LogP contribution in [0.15, 0.2) is 24.4 Å². The van der Waals surface area contributed by atoms with E-state index in [2.05, 4.69) is 25.9 Å². The Labute approximate surface area is 137 Å². The van der Waals surface area contributed by atoms with Crippen molar-refractivity contribution in [3.63, 3.8) is 0 Å². The Morgan fingerprint density at radius 2 is 2.30 bits per heavy atom. The lowest BCUT2D eigenvalue weighted by atomic mass is 10.2. The topological polar surface area (TPSA) is 117 Å². The first-order valence-corrected chi connectivity index (χ1v) is 7.00. The number of nitriles is 1. The van der Waals surface area contributed by atoms with E-state index in [1.807, 2.05) is 6.07 Å². The molecular formula is C14H13ClN6O2. The maximum absolute atomic E-state index is 11.9. The highest BCUT2D eigenvalue weighted by molar-refractivity contribution is 6.33. The third-order valence-electron chi connectivity index (χ3n) is 2.62. The molecule has 0 aliphatic rings. The molecule has 0 unspecified atom stereocenters. The summed E-state index contributed by atoms with van der Waals surface area (Å²) in [5, 5.41) is 25.4. The highest BCUT2D eigenvalue weighted by Gasteiger charge is 2.12. The lowest BCUT2D eigenvalue weighted by molar-refractivity contribution is 0.0378. The zero-order chi connectivity index (χ0) is 16.8. The average molecular weight is 333 g/mol. The number of aromatic nitrogens is 4. The number of carbonyl (C=O) groups excluding carboxylic acids is 1. The van der Waals surface area contributed by atoms with Gasteiger partial charge in [0, 0.05) is 6.20 Å². The molecule has 1 aromatic heterocycles. The molecule has 0 saturated heterocycles. The van der Waals surface area contributed by atoms with Gasteiger partial charge in [0.1, 0.15) is 11.6 Å². The molecule has 1 aromatic carbocycles. The number of esters is 1. The fraction of sp³-hybridized carbons (Fsp3) is 0.214. The van der Waals surface area contributed by atoms with Gasteiger partial charge >= 0.3 is 5.97 Å². The van der Waals surface area contributed by atoms with E-state index in [4.69, 9.17) is 21.6 Å². The zero-order valence-corrected chi connectivity index (χ0v) is 13.1. The first-order valence-electron chi connectivity index (χ1n) is 6.62. The van der Waals surface area contributed by atoms with Gasteiger partial charge in [-0.2, -0.15) is 10.5 Å². The molecule has 0 amide bonds. The summed E-state index contributed by atoms with van der Waals surface area (Å²) >= 11 is 6.08. The van der Waals surface area contributed by atoms with E-state index in [0.717, 1.165) is 0 Å². The predicted molar refractivity (Wildman–Crippen MR) is 83.4 cm³/mol. The van der Waals surface area contributed by atoms with Crippen LogP contribution in [0.5, 0.6) is 0 Å². The third kappa shape index (κ3) is 4.28. The van der Waals surface area contributed by atoms with Gasteiger partial charge in [0.2, 0.25) is 5.82 Å². The Hall–Kier alpha value is -2.92. The summed E-state index contributed by atoms with van der Waals surface area (Å²) in [6.45, 7) is 3.53. The van der Waals surface area contributed by atoms with Crippen LogP contribution in [-0.2, 0) is 4.74 Å². The van der Waals surface area contributed by atoms with Crippen molar-refractivity contribution >= 4 is 28.8 Å². The number of allylic oxidation sites excluding steroid dienone is 1. The van der Waals surface area contributed by atoms with Crippen LogP contribution in [0.1, 0.15) is 30.0 Å². The van der Waals surface area contributed by atoms with E-state index in [1.165, 1.54) is 12.3 Å². The van der Waals surface area contributed by atoms with E-state index in [9.17, 15) is 4.79 Å². The number of hydrogen-bond acceptors (Lipinski definition) is 7. The molecule has 0 saturated carbocycles. The number of nitrogens with zero attached hydrogens (tertiary/aromatic N) is 4. The SMILES string of the molecule is CC(C)OC(=O)c1ccc(Cl)c(NC=C(C#N)c2nn[nH]n2)c1. The Kier molecular flexibility index (Phi) is 5.28. The van der Waals surface area contributed by atoms with Gasteiger partial charge in [-0.3, -0.25) is 0 Å². The third-order valence-corrected chi connectivity index (χ3v) is 2.95. The number of H-pyrrole nitrogens is 1. The summed E-state index contributed by atoms with van der Waals surface area (Å²) < 4.78 is 5.13. The predicted octanol–water partition coefficient (Wildman–Crippen LogP) is 2.39. The molecule has 0 atom stereocenters. The van der Waals surface area contributed by atoms with Crippen LogP contribution in [0.3, 0.4) is 0 Å². The number of benzene rings is 1. The second kappa shape index (κ2) is 7.38. The molecule has 2 aromatic rings. The maximum atomic E-state index is 11.9. The van der Waals surface area contributed by atoms with Gasteiger partial charge in [-0.15, -0.1) is 10.2 Å². The summed E-state index contributed by atoms with van der Waals surface area (Å²) in [7, 11) is 0. The number of carbonyl (C=O) groups is 1. The maximum Gasteiger partial charge on any atom is 0.338 e. The highest BCUT2D eigenvalue weighted by Crippen LogP contribution is 2.24. The molecule has 0 aliphatic heterocycles. The van der Waals surface area contributed by atoms with Crippen LogP contribution < -0.4 is 5.32 Å². The minimum absolute atomic E-state index is 0.145. The number of tetrazole rings is 1. The smallest absolute Gasteiger partial charge is 0.338 e. The monoisotopic (exact) mass is 332 g/mol. The van der Waals surface area contributed by atoms with E-state index < -0.39 is 5.97 Å². The molecule has 2 N–H and O–H groups in total. The second-order valence-corrected chi connectivity index (χ2v) is 5.11. The number of anilines is 1. The molecule has 9 heteroatoms. The molecular weight excluding hydrogens is 320 g/mol. The lowest BCUT2D eigenvalue weighted by Crippen LogP contribution is -2.11. The van der Waals surface area contributed by atoms with Crippen LogP contribution in [0, 0.1) is 11.3 Å². The van der Waals surface area contributed by atoms with Crippen molar-refractivity contribution in [1.82, 2.24) is 20.6 Å². The lowest BCUT2D eigenvalue weighted by Gasteiger charge is -2.10. The van der Waals surface area contributed by atoms with Crippen LogP contribution >= 0.6 is 11.6 Å². The first-order chi connectivity index (χ1) is 11.0. The van der Waals surface area contributed by atoms with Crippen LogP contribution in [0.4, 0.5) is 5.69 Å². The highest BCUT2D eigenvalue weighted by atomic mass is 35.5. The van der Waals surface area contributed by atoms with Gasteiger partial charge in [0.05, 0.1) is 22.4 Å². The summed E-state index contributed by atoms with van der Waals surface area (Å²) in [6.07, 6.45) is 1.15. The van der Waals surface area contributed by atoms with Gasteiger partial charge < -0.3 is 10.1 Å². The first kappa shape index (κ1) is 16.5. The number of rotatable bonds is 5. The summed E-state index contributed by atoms with van der Waals surface area (Å²) in [5.74, 6) is -0.311. The number of nitrogens with one attached hydrogen (secondary N) is 2. The summed E-state index contributed by atoms with van der Waals surface area (Å²) in [6, 6.07) is 6.60. The van der Waals surface area contributed by atoms with Gasteiger partial charge in [-0.25, -0.2) is 4.79 Å². The van der Waals surface area contributed by atoms with Crippen LogP contribution in [-0.4, -0.2) is 32.7 Å². The molecule has 1 heterocycles. The molecule has 23 heavy (non-hydrogen) atoms. The van der Waals surface area contributed by atoms with E-state index in [0.29, 0.717) is 16.3 Å². The fourth-order valence-electron chi connectivity index (χ4n) is 1.62. The van der Waals surface area contributed by atoms with Gasteiger partial charge in [0.15, 0.2) is 0 Å². The van der Waals surface area contributed by atoms with Crippen LogP contribution in [0.25, 0.3) is 5.57 Å². The molecule has 0 radical (unpaired) electrons. The summed E-state index contributed by atoms with van der Waals surface area (Å²) in [4.78, 5) is 11.9. The number of halogens is 1. The van der Waals surface area contributed by atoms with Gasteiger partial charge in [0.25, 0.3) is 0 Å². The second-order valence-electron chi connectivity index (χ2n) is 4.70. The minimum Gasteiger partial charge on any atom is -0.459 e.